The molecule has 0 amide bonds. The second kappa shape index (κ2) is 2.81. The predicted molar refractivity (Wildman–Crippen MR) is 54.7 cm³/mol. The first kappa shape index (κ1) is 9.69. The van der Waals surface area contributed by atoms with Gasteiger partial charge in [-0.3, -0.25) is 0 Å². The van der Waals surface area contributed by atoms with Crippen LogP contribution in [0.15, 0.2) is 30.3 Å². The Bertz CT molecular complexity index is 333. The minimum Gasteiger partial charge on any atom is -0.393 e. The van der Waals surface area contributed by atoms with Gasteiger partial charge in [-0.25, -0.2) is 0 Å². The fourth-order valence-electron chi connectivity index (χ4n) is 2.13. The standard InChI is InChI=1S/C12H16O2/c1-9(13)11(2)8-12(11,14)10-6-4-3-5-7-10/h3-7,9,13-14H,8H2,1-2H3/t9-,11+,12-/m1/s1. The SMILES string of the molecule is C[C@@H](O)[C@]1(C)C[C@@]1(O)c1ccccc1. The maximum Gasteiger partial charge on any atom is 0.0982 e. The van der Waals surface area contributed by atoms with Gasteiger partial charge in [0.05, 0.1) is 11.7 Å². The van der Waals surface area contributed by atoms with Crippen molar-refractivity contribution in [3.8, 4) is 0 Å². The van der Waals surface area contributed by atoms with Gasteiger partial charge >= 0.3 is 0 Å². The summed E-state index contributed by atoms with van der Waals surface area (Å²) < 4.78 is 0. The van der Waals surface area contributed by atoms with Gasteiger partial charge in [-0.1, -0.05) is 37.3 Å². The largest absolute Gasteiger partial charge is 0.393 e. The Morgan fingerprint density at radius 3 is 2.29 bits per heavy atom. The molecule has 1 aliphatic rings. The lowest BCUT2D eigenvalue weighted by Crippen LogP contribution is -2.25. The van der Waals surface area contributed by atoms with Crippen LogP contribution >= 0.6 is 0 Å². The van der Waals surface area contributed by atoms with E-state index in [1.54, 1.807) is 6.92 Å². The summed E-state index contributed by atoms with van der Waals surface area (Å²) in [7, 11) is 0. The van der Waals surface area contributed by atoms with Crippen LogP contribution < -0.4 is 0 Å². The summed E-state index contributed by atoms with van der Waals surface area (Å²) in [5.41, 5.74) is -0.306. The number of aliphatic hydroxyl groups is 2. The van der Waals surface area contributed by atoms with E-state index in [1.807, 2.05) is 37.3 Å². The Morgan fingerprint density at radius 2 is 1.86 bits per heavy atom. The van der Waals surface area contributed by atoms with Crippen molar-refractivity contribution in [2.45, 2.75) is 32.0 Å². The van der Waals surface area contributed by atoms with Gasteiger partial charge in [-0.05, 0) is 18.9 Å². The molecule has 0 aliphatic heterocycles. The van der Waals surface area contributed by atoms with Crippen molar-refractivity contribution in [3.05, 3.63) is 35.9 Å². The molecule has 0 saturated heterocycles. The predicted octanol–water partition coefficient (Wildman–Crippen LogP) is 1.66. The van der Waals surface area contributed by atoms with Crippen molar-refractivity contribution in [1.82, 2.24) is 0 Å². The molecular formula is C12H16O2. The molecule has 0 aromatic heterocycles. The molecule has 2 N–H and O–H groups in total. The monoisotopic (exact) mass is 192 g/mol. The lowest BCUT2D eigenvalue weighted by atomic mass is 9.93. The van der Waals surface area contributed by atoms with Crippen LogP contribution in [-0.4, -0.2) is 16.3 Å². The van der Waals surface area contributed by atoms with Gasteiger partial charge in [-0.15, -0.1) is 0 Å². The highest BCUT2D eigenvalue weighted by Gasteiger charge is 2.66. The summed E-state index contributed by atoms with van der Waals surface area (Å²) in [5.74, 6) is 0. The van der Waals surface area contributed by atoms with Crippen molar-refractivity contribution in [2.24, 2.45) is 5.41 Å². The molecule has 0 unspecified atom stereocenters. The van der Waals surface area contributed by atoms with Crippen molar-refractivity contribution < 1.29 is 10.2 Å². The van der Waals surface area contributed by atoms with E-state index in [1.165, 1.54) is 0 Å². The Hall–Kier alpha value is -0.860. The van der Waals surface area contributed by atoms with E-state index in [-0.39, 0.29) is 5.41 Å². The molecule has 1 aromatic rings. The van der Waals surface area contributed by atoms with Gasteiger partial charge in [0, 0.05) is 5.41 Å². The van der Waals surface area contributed by atoms with Crippen LogP contribution in [0.4, 0.5) is 0 Å². The Balaban J connectivity index is 2.31. The third-order valence-electron chi connectivity index (χ3n) is 3.62. The summed E-state index contributed by atoms with van der Waals surface area (Å²) in [6, 6.07) is 9.57. The lowest BCUT2D eigenvalue weighted by molar-refractivity contribution is 0.0296. The first-order chi connectivity index (χ1) is 6.51. The van der Waals surface area contributed by atoms with Gasteiger partial charge in [0.25, 0.3) is 0 Å². The summed E-state index contributed by atoms with van der Waals surface area (Å²) in [4.78, 5) is 0. The fraction of sp³-hybridized carbons (Fsp3) is 0.500. The van der Waals surface area contributed by atoms with Gasteiger partial charge in [-0.2, -0.15) is 0 Å². The average Bonchev–Trinajstić information content (AvgIpc) is 2.74. The minimum atomic E-state index is -0.831. The Kier molecular flexibility index (Phi) is 1.95. The van der Waals surface area contributed by atoms with Crippen LogP contribution in [0.5, 0.6) is 0 Å². The second-order valence-electron chi connectivity index (χ2n) is 4.50. The molecule has 2 nitrogen and oxygen atoms in total. The third kappa shape index (κ3) is 1.11. The molecule has 2 heteroatoms. The van der Waals surface area contributed by atoms with Crippen LogP contribution in [0.1, 0.15) is 25.8 Å². The number of hydrogen-bond donors (Lipinski definition) is 2. The lowest BCUT2D eigenvalue weighted by Gasteiger charge is -2.20. The average molecular weight is 192 g/mol. The molecular weight excluding hydrogens is 176 g/mol. The van der Waals surface area contributed by atoms with Crippen LogP contribution in [0.25, 0.3) is 0 Å². The molecule has 0 bridgehead atoms. The number of rotatable bonds is 2. The summed E-state index contributed by atoms with van der Waals surface area (Å²) in [6.45, 7) is 3.66. The zero-order chi connectivity index (χ0) is 10.4. The second-order valence-corrected chi connectivity index (χ2v) is 4.50. The maximum absolute atomic E-state index is 10.3. The van der Waals surface area contributed by atoms with Gasteiger partial charge < -0.3 is 10.2 Å². The van der Waals surface area contributed by atoms with Crippen molar-refractivity contribution >= 4 is 0 Å². The normalized spacial score (nSPS) is 38.0. The highest BCUT2D eigenvalue weighted by Crippen LogP contribution is 2.64. The Morgan fingerprint density at radius 1 is 1.29 bits per heavy atom. The number of benzene rings is 1. The summed E-state index contributed by atoms with van der Waals surface area (Å²) >= 11 is 0. The van der Waals surface area contributed by atoms with E-state index in [0.717, 1.165) is 5.56 Å². The molecule has 14 heavy (non-hydrogen) atoms. The molecule has 76 valence electrons. The van der Waals surface area contributed by atoms with E-state index >= 15 is 0 Å². The molecule has 0 radical (unpaired) electrons. The highest BCUT2D eigenvalue weighted by atomic mass is 16.3. The Labute approximate surface area is 84.2 Å². The zero-order valence-electron chi connectivity index (χ0n) is 8.57. The van der Waals surface area contributed by atoms with Gasteiger partial charge in [0.1, 0.15) is 0 Å². The molecule has 0 heterocycles. The molecule has 2 rings (SSSR count). The molecule has 1 aliphatic carbocycles. The van der Waals surface area contributed by atoms with Crippen LogP contribution in [0, 0.1) is 5.41 Å². The molecule has 0 spiro atoms. The molecule has 1 saturated carbocycles. The van der Waals surface area contributed by atoms with E-state index in [0.29, 0.717) is 6.42 Å². The van der Waals surface area contributed by atoms with Crippen LogP contribution in [0.3, 0.4) is 0 Å². The fourth-order valence-corrected chi connectivity index (χ4v) is 2.13. The molecule has 3 atom stereocenters. The quantitative estimate of drug-likeness (QED) is 0.748. The summed E-state index contributed by atoms with van der Waals surface area (Å²) in [6.07, 6.45) is 0.162. The van der Waals surface area contributed by atoms with Crippen LogP contribution in [0.2, 0.25) is 0 Å². The molecule has 1 fully saturated rings. The first-order valence-electron chi connectivity index (χ1n) is 4.97. The van der Waals surface area contributed by atoms with Crippen LogP contribution in [-0.2, 0) is 5.60 Å². The highest BCUT2D eigenvalue weighted by molar-refractivity contribution is 5.34. The molecule has 1 aromatic carbocycles. The number of hydrogen-bond acceptors (Lipinski definition) is 2. The van der Waals surface area contributed by atoms with Crippen molar-refractivity contribution in [1.29, 1.82) is 0 Å². The van der Waals surface area contributed by atoms with Gasteiger partial charge in [0.2, 0.25) is 0 Å². The maximum atomic E-state index is 10.3. The smallest absolute Gasteiger partial charge is 0.0982 e. The summed E-state index contributed by atoms with van der Waals surface area (Å²) in [5, 5.41) is 19.9. The number of aliphatic hydroxyl groups excluding tert-OH is 1. The minimum absolute atomic E-state index is 0.381. The van der Waals surface area contributed by atoms with E-state index < -0.39 is 11.7 Å². The third-order valence-corrected chi connectivity index (χ3v) is 3.62. The van der Waals surface area contributed by atoms with E-state index in [9.17, 15) is 10.2 Å². The van der Waals surface area contributed by atoms with Crippen molar-refractivity contribution in [3.63, 3.8) is 0 Å². The topological polar surface area (TPSA) is 40.5 Å². The first-order valence-corrected chi connectivity index (χ1v) is 4.97. The van der Waals surface area contributed by atoms with E-state index in [4.69, 9.17) is 0 Å². The van der Waals surface area contributed by atoms with Gasteiger partial charge in [0.15, 0.2) is 0 Å². The van der Waals surface area contributed by atoms with Crippen molar-refractivity contribution in [2.75, 3.05) is 0 Å². The van der Waals surface area contributed by atoms with E-state index in [2.05, 4.69) is 0 Å². The zero-order valence-corrected chi connectivity index (χ0v) is 8.57.